The largest absolute Gasteiger partial charge is 0.369 e. The van der Waals surface area contributed by atoms with Crippen molar-refractivity contribution < 1.29 is 4.79 Å². The topological polar surface area (TPSA) is 58.4 Å². The summed E-state index contributed by atoms with van der Waals surface area (Å²) in [6.07, 6.45) is 3.36. The van der Waals surface area contributed by atoms with Crippen LogP contribution in [0.4, 0.5) is 0 Å². The van der Waals surface area contributed by atoms with E-state index in [0.717, 1.165) is 38.9 Å². The van der Waals surface area contributed by atoms with Gasteiger partial charge in [0.25, 0.3) is 0 Å². The van der Waals surface area contributed by atoms with Crippen molar-refractivity contribution in [2.75, 3.05) is 26.2 Å². The first-order valence-corrected chi connectivity index (χ1v) is 7.55. The molecule has 0 aromatic heterocycles. The number of benzene rings is 1. The van der Waals surface area contributed by atoms with E-state index in [2.05, 4.69) is 34.5 Å². The molecule has 1 fully saturated rings. The van der Waals surface area contributed by atoms with Crippen LogP contribution in [0.1, 0.15) is 29.9 Å². The fraction of sp³-hybridized carbons (Fsp3) is 0.562. The minimum absolute atomic E-state index is 0.212. The van der Waals surface area contributed by atoms with Crippen molar-refractivity contribution >= 4 is 5.91 Å². The van der Waals surface area contributed by atoms with E-state index in [4.69, 9.17) is 5.73 Å². The molecule has 2 aliphatic rings. The fourth-order valence-electron chi connectivity index (χ4n) is 3.52. The number of hydrogen-bond acceptors (Lipinski definition) is 3. The molecule has 3 rings (SSSR count). The number of hydrogen-bond donors (Lipinski definition) is 2. The molecular weight excluding hydrogens is 250 g/mol. The summed E-state index contributed by atoms with van der Waals surface area (Å²) in [4.78, 5) is 13.7. The molecule has 0 spiro atoms. The highest BCUT2D eigenvalue weighted by Crippen LogP contribution is 2.35. The second-order valence-electron chi connectivity index (χ2n) is 5.98. The van der Waals surface area contributed by atoms with Crippen molar-refractivity contribution in [3.05, 3.63) is 35.4 Å². The molecule has 1 aliphatic heterocycles. The third-order valence-electron chi connectivity index (χ3n) is 4.60. The third-order valence-corrected chi connectivity index (χ3v) is 4.60. The van der Waals surface area contributed by atoms with Crippen molar-refractivity contribution in [3.8, 4) is 0 Å². The molecular formula is C16H23N3O. The predicted octanol–water partition coefficient (Wildman–Crippen LogP) is 0.866. The van der Waals surface area contributed by atoms with E-state index in [-0.39, 0.29) is 5.91 Å². The summed E-state index contributed by atoms with van der Waals surface area (Å²) in [5.41, 5.74) is 8.35. The van der Waals surface area contributed by atoms with Crippen LogP contribution in [0.2, 0.25) is 0 Å². The lowest BCUT2D eigenvalue weighted by Gasteiger charge is -2.39. The monoisotopic (exact) mass is 273 g/mol. The van der Waals surface area contributed by atoms with Gasteiger partial charge in [-0.1, -0.05) is 24.3 Å². The van der Waals surface area contributed by atoms with Crippen molar-refractivity contribution in [1.82, 2.24) is 10.2 Å². The number of piperidine rings is 1. The Morgan fingerprint density at radius 3 is 2.75 bits per heavy atom. The SMILES string of the molecule is NC(=O)CN(CC1Cc2ccccc21)C1CCNCC1. The minimum atomic E-state index is -0.212. The second kappa shape index (κ2) is 5.94. The first-order chi connectivity index (χ1) is 9.74. The van der Waals surface area contributed by atoms with E-state index in [0.29, 0.717) is 18.5 Å². The molecule has 1 saturated heterocycles. The van der Waals surface area contributed by atoms with Crippen molar-refractivity contribution in [2.24, 2.45) is 5.73 Å². The molecule has 1 aliphatic carbocycles. The van der Waals surface area contributed by atoms with Gasteiger partial charge in [0, 0.05) is 18.5 Å². The smallest absolute Gasteiger partial charge is 0.231 e. The molecule has 20 heavy (non-hydrogen) atoms. The van der Waals surface area contributed by atoms with Crippen molar-refractivity contribution in [2.45, 2.75) is 31.2 Å². The number of fused-ring (bicyclic) bond motifs is 1. The van der Waals surface area contributed by atoms with E-state index < -0.39 is 0 Å². The Hall–Kier alpha value is -1.39. The Labute approximate surface area is 120 Å². The highest BCUT2D eigenvalue weighted by atomic mass is 16.1. The number of rotatable bonds is 5. The number of primary amides is 1. The molecule has 1 aromatic carbocycles. The van der Waals surface area contributed by atoms with Crippen LogP contribution in [0.3, 0.4) is 0 Å². The lowest BCUT2D eigenvalue weighted by atomic mass is 9.77. The van der Waals surface area contributed by atoms with Gasteiger partial charge in [-0.3, -0.25) is 9.69 Å². The average molecular weight is 273 g/mol. The van der Waals surface area contributed by atoms with E-state index in [1.165, 1.54) is 11.1 Å². The quantitative estimate of drug-likeness (QED) is 0.837. The van der Waals surface area contributed by atoms with E-state index >= 15 is 0 Å². The molecule has 0 saturated carbocycles. The summed E-state index contributed by atoms with van der Waals surface area (Å²) in [5.74, 6) is 0.358. The maximum Gasteiger partial charge on any atom is 0.231 e. The average Bonchev–Trinajstić information content (AvgIpc) is 2.44. The van der Waals surface area contributed by atoms with Gasteiger partial charge in [-0.25, -0.2) is 0 Å². The van der Waals surface area contributed by atoms with Gasteiger partial charge in [-0.15, -0.1) is 0 Å². The molecule has 108 valence electrons. The van der Waals surface area contributed by atoms with Gasteiger partial charge in [0.15, 0.2) is 0 Å². The van der Waals surface area contributed by atoms with Crippen LogP contribution in [0.25, 0.3) is 0 Å². The third kappa shape index (κ3) is 2.86. The van der Waals surface area contributed by atoms with Crippen LogP contribution in [0.15, 0.2) is 24.3 Å². The summed E-state index contributed by atoms with van der Waals surface area (Å²) in [5, 5.41) is 3.38. The van der Waals surface area contributed by atoms with Crippen LogP contribution in [-0.2, 0) is 11.2 Å². The number of nitrogens with zero attached hydrogens (tertiary/aromatic N) is 1. The second-order valence-corrected chi connectivity index (χ2v) is 5.98. The minimum Gasteiger partial charge on any atom is -0.369 e. The normalized spacial score (nSPS) is 22.4. The molecule has 1 heterocycles. The molecule has 3 N–H and O–H groups in total. The van der Waals surface area contributed by atoms with Crippen LogP contribution in [0, 0.1) is 0 Å². The summed E-state index contributed by atoms with van der Waals surface area (Å²) in [6.45, 7) is 3.44. The summed E-state index contributed by atoms with van der Waals surface area (Å²) in [6, 6.07) is 9.12. The van der Waals surface area contributed by atoms with Gasteiger partial charge in [0.2, 0.25) is 5.91 Å². The predicted molar refractivity (Wildman–Crippen MR) is 79.5 cm³/mol. The van der Waals surface area contributed by atoms with Crippen molar-refractivity contribution in [1.29, 1.82) is 0 Å². The molecule has 1 aromatic rings. The molecule has 0 bridgehead atoms. The number of carbonyl (C=O) groups excluding carboxylic acids is 1. The van der Waals surface area contributed by atoms with Gasteiger partial charge >= 0.3 is 0 Å². The van der Waals surface area contributed by atoms with Crippen LogP contribution in [-0.4, -0.2) is 43.0 Å². The lowest BCUT2D eigenvalue weighted by Crippen LogP contribution is -2.48. The Bertz CT molecular complexity index is 482. The van der Waals surface area contributed by atoms with Gasteiger partial charge in [-0.05, 0) is 43.5 Å². The number of carbonyl (C=O) groups is 1. The van der Waals surface area contributed by atoms with Gasteiger partial charge in [0.05, 0.1) is 6.54 Å². The van der Waals surface area contributed by atoms with E-state index in [1.54, 1.807) is 0 Å². The zero-order valence-corrected chi connectivity index (χ0v) is 11.8. The van der Waals surface area contributed by atoms with Crippen LogP contribution < -0.4 is 11.1 Å². The molecule has 4 nitrogen and oxygen atoms in total. The Kier molecular flexibility index (Phi) is 4.03. The summed E-state index contributed by atoms with van der Waals surface area (Å²) in [7, 11) is 0. The maximum atomic E-state index is 11.4. The Morgan fingerprint density at radius 1 is 1.30 bits per heavy atom. The zero-order valence-electron chi connectivity index (χ0n) is 11.8. The number of nitrogens with two attached hydrogens (primary N) is 1. The highest BCUT2D eigenvalue weighted by Gasteiger charge is 2.30. The molecule has 1 unspecified atom stereocenters. The van der Waals surface area contributed by atoms with Crippen LogP contribution in [0.5, 0.6) is 0 Å². The number of amides is 1. The molecule has 1 atom stereocenters. The first-order valence-electron chi connectivity index (χ1n) is 7.55. The Balaban J connectivity index is 1.66. The fourth-order valence-corrected chi connectivity index (χ4v) is 3.52. The van der Waals surface area contributed by atoms with Gasteiger partial charge in [-0.2, -0.15) is 0 Å². The van der Waals surface area contributed by atoms with Crippen molar-refractivity contribution in [3.63, 3.8) is 0 Å². The van der Waals surface area contributed by atoms with Gasteiger partial charge < -0.3 is 11.1 Å². The standard InChI is InChI=1S/C16H23N3O/c17-16(20)11-19(14-5-7-18-8-6-14)10-13-9-12-3-1-2-4-15(12)13/h1-4,13-14,18H,5-11H2,(H2,17,20). The lowest BCUT2D eigenvalue weighted by molar-refractivity contribution is -0.119. The number of nitrogens with one attached hydrogen (secondary N) is 1. The van der Waals surface area contributed by atoms with E-state index in [1.807, 2.05) is 0 Å². The summed E-state index contributed by atoms with van der Waals surface area (Å²) >= 11 is 0. The molecule has 1 amide bonds. The zero-order chi connectivity index (χ0) is 13.9. The highest BCUT2D eigenvalue weighted by molar-refractivity contribution is 5.76. The first kappa shape index (κ1) is 13.6. The molecule has 0 radical (unpaired) electrons. The van der Waals surface area contributed by atoms with Crippen LogP contribution >= 0.6 is 0 Å². The van der Waals surface area contributed by atoms with Gasteiger partial charge in [0.1, 0.15) is 0 Å². The molecule has 4 heteroatoms. The Morgan fingerprint density at radius 2 is 2.05 bits per heavy atom. The maximum absolute atomic E-state index is 11.4. The van der Waals surface area contributed by atoms with E-state index in [9.17, 15) is 4.79 Å². The summed E-state index contributed by atoms with van der Waals surface area (Å²) < 4.78 is 0.